The van der Waals surface area contributed by atoms with Gasteiger partial charge in [-0.15, -0.1) is 0 Å². The fourth-order valence-corrected chi connectivity index (χ4v) is 7.09. The molecular weight excluding hydrogens is 709 g/mol. The molecule has 0 amide bonds. The van der Waals surface area contributed by atoms with E-state index in [2.05, 4.69) is 38.2 Å². The van der Waals surface area contributed by atoms with E-state index in [-0.39, 0.29) is 25.8 Å². The van der Waals surface area contributed by atoms with Crippen LogP contribution in [-0.4, -0.2) is 70.7 Å². The maximum absolute atomic E-state index is 12.7. The van der Waals surface area contributed by atoms with Crippen molar-refractivity contribution in [1.29, 1.82) is 0 Å². The molecule has 0 N–H and O–H groups in total. The number of allylic oxidation sites excluding steroid dienone is 4. The molecule has 2 atom stereocenters. The Balaban J connectivity index is 4.21. The van der Waals surface area contributed by atoms with E-state index in [9.17, 15) is 14.3 Å². The highest BCUT2D eigenvalue weighted by molar-refractivity contribution is 7.45. The number of nitrogens with zero attached hydrogens (tertiary/aromatic N) is 1. The quantitative estimate of drug-likeness (QED) is 0.0199. The minimum Gasteiger partial charge on any atom is -0.756 e. The van der Waals surface area contributed by atoms with Crippen LogP contribution < -0.4 is 4.89 Å². The van der Waals surface area contributed by atoms with Crippen LogP contribution in [0.4, 0.5) is 0 Å². The molecule has 0 aromatic rings. The first-order chi connectivity index (χ1) is 26.6. The number of rotatable bonds is 43. The molecule has 0 heterocycles. The number of hydrogen-bond acceptors (Lipinski definition) is 7. The highest BCUT2D eigenvalue weighted by Gasteiger charge is 2.20. The van der Waals surface area contributed by atoms with Gasteiger partial charge in [0.05, 0.1) is 34.4 Å². The molecule has 0 saturated carbocycles. The SMILES string of the molecule is CCCCCCCC/C=C\CCCCCCCCCC(=O)O[C@H](COCCCCCCCC/C=C\CCCCCCCC)COP(=O)([O-])OCC[N+](C)(C)C. The van der Waals surface area contributed by atoms with Crippen molar-refractivity contribution >= 4 is 13.8 Å². The molecule has 0 aromatic heterocycles. The lowest BCUT2D eigenvalue weighted by atomic mass is 10.1. The van der Waals surface area contributed by atoms with E-state index < -0.39 is 13.9 Å². The maximum atomic E-state index is 12.7. The highest BCUT2D eigenvalue weighted by Crippen LogP contribution is 2.38. The van der Waals surface area contributed by atoms with Crippen molar-refractivity contribution in [3.8, 4) is 0 Å². The first kappa shape index (κ1) is 54.0. The van der Waals surface area contributed by atoms with Gasteiger partial charge in [-0.1, -0.05) is 160 Å². The number of phosphoric ester groups is 1. The number of esters is 1. The van der Waals surface area contributed by atoms with Crippen molar-refractivity contribution in [3.63, 3.8) is 0 Å². The van der Waals surface area contributed by atoms with Crippen LogP contribution in [0.15, 0.2) is 24.3 Å². The molecular formula is C46H90NO7P. The normalized spacial score (nSPS) is 13.9. The number of carbonyl (C=O) groups is 1. The second kappa shape index (κ2) is 39.8. The second-order valence-corrected chi connectivity index (χ2v) is 18.2. The lowest BCUT2D eigenvalue weighted by Crippen LogP contribution is -2.37. The van der Waals surface area contributed by atoms with E-state index in [1.54, 1.807) is 0 Å². The summed E-state index contributed by atoms with van der Waals surface area (Å²) in [6.45, 7) is 5.41. The smallest absolute Gasteiger partial charge is 0.306 e. The molecule has 0 aromatic carbocycles. The molecule has 9 heteroatoms. The van der Waals surface area contributed by atoms with Crippen LogP contribution in [0.2, 0.25) is 0 Å². The van der Waals surface area contributed by atoms with Crippen LogP contribution in [0.1, 0.15) is 206 Å². The number of phosphoric acid groups is 1. The van der Waals surface area contributed by atoms with E-state index in [1.165, 1.54) is 154 Å². The van der Waals surface area contributed by atoms with E-state index in [1.807, 2.05) is 21.1 Å². The predicted molar refractivity (Wildman–Crippen MR) is 231 cm³/mol. The molecule has 0 aliphatic carbocycles. The van der Waals surface area contributed by atoms with E-state index >= 15 is 0 Å². The molecule has 0 saturated heterocycles. The fourth-order valence-electron chi connectivity index (χ4n) is 6.36. The molecule has 326 valence electrons. The van der Waals surface area contributed by atoms with Crippen LogP contribution in [-0.2, 0) is 27.9 Å². The van der Waals surface area contributed by atoms with Gasteiger partial charge in [0, 0.05) is 13.0 Å². The summed E-state index contributed by atoms with van der Waals surface area (Å²) >= 11 is 0. The zero-order valence-corrected chi connectivity index (χ0v) is 37.8. The predicted octanol–water partition coefficient (Wildman–Crippen LogP) is 13.0. The van der Waals surface area contributed by atoms with Gasteiger partial charge in [-0.05, 0) is 64.2 Å². The molecule has 8 nitrogen and oxygen atoms in total. The summed E-state index contributed by atoms with van der Waals surface area (Å²) in [7, 11) is 1.35. The lowest BCUT2D eigenvalue weighted by molar-refractivity contribution is -0.870. The minimum absolute atomic E-state index is 0.0253. The van der Waals surface area contributed by atoms with Crippen molar-refractivity contribution < 1.29 is 37.3 Å². The van der Waals surface area contributed by atoms with Gasteiger partial charge in [-0.2, -0.15) is 0 Å². The van der Waals surface area contributed by atoms with E-state index in [0.717, 1.165) is 32.1 Å². The highest BCUT2D eigenvalue weighted by atomic mass is 31.2. The third kappa shape index (κ3) is 43.9. The Labute approximate surface area is 341 Å². The van der Waals surface area contributed by atoms with Crippen LogP contribution in [0.25, 0.3) is 0 Å². The number of unbranched alkanes of at least 4 members (excludes halogenated alkanes) is 25. The standard InChI is InChI=1S/C46H90NO7P/c1-6-8-10-12-14-16-18-20-22-24-25-27-29-31-33-35-37-39-46(48)54-45(44-53-55(49,50)52-42-40-47(3,4)5)43-51-41-38-36-34-32-30-28-26-23-21-19-17-15-13-11-9-7-2/h20-23,45H,6-19,24-44H2,1-5H3/b22-20-,23-21-/t45-/m1/s1. The van der Waals surface area contributed by atoms with Crippen molar-refractivity contribution in [2.24, 2.45) is 0 Å². The van der Waals surface area contributed by atoms with Gasteiger partial charge >= 0.3 is 5.97 Å². The molecule has 1 unspecified atom stereocenters. The number of likely N-dealkylation sites (N-methyl/N-ethyl adjacent to an activating group) is 1. The monoisotopic (exact) mass is 800 g/mol. The summed E-state index contributed by atoms with van der Waals surface area (Å²) in [5, 5.41) is 0. The molecule has 0 spiro atoms. The Hall–Kier alpha value is -1.02. The first-order valence-corrected chi connectivity index (χ1v) is 24.5. The average molecular weight is 800 g/mol. The summed E-state index contributed by atoms with van der Waals surface area (Å²) in [6, 6.07) is 0. The van der Waals surface area contributed by atoms with Crippen LogP contribution >= 0.6 is 7.82 Å². The lowest BCUT2D eigenvalue weighted by Gasteiger charge is -2.28. The summed E-state index contributed by atoms with van der Waals surface area (Å²) in [6.07, 6.45) is 44.7. The third-order valence-electron chi connectivity index (χ3n) is 9.98. The Morgan fingerprint density at radius 3 is 1.38 bits per heavy atom. The Bertz CT molecular complexity index is 936. The Morgan fingerprint density at radius 1 is 0.545 bits per heavy atom. The molecule has 0 bridgehead atoms. The second-order valence-electron chi connectivity index (χ2n) is 16.8. The number of carbonyl (C=O) groups excluding carboxylic acids is 1. The van der Waals surface area contributed by atoms with Gasteiger partial charge in [0.15, 0.2) is 0 Å². The van der Waals surface area contributed by atoms with Crippen molar-refractivity contribution in [1.82, 2.24) is 0 Å². The third-order valence-corrected chi connectivity index (χ3v) is 10.9. The first-order valence-electron chi connectivity index (χ1n) is 23.1. The number of ether oxygens (including phenoxy) is 2. The van der Waals surface area contributed by atoms with Crippen molar-refractivity contribution in [3.05, 3.63) is 24.3 Å². The number of quaternary nitrogens is 1. The van der Waals surface area contributed by atoms with Gasteiger partial charge < -0.3 is 27.9 Å². The van der Waals surface area contributed by atoms with E-state index in [0.29, 0.717) is 24.1 Å². The van der Waals surface area contributed by atoms with Crippen molar-refractivity contribution in [2.45, 2.75) is 213 Å². The minimum atomic E-state index is -4.52. The summed E-state index contributed by atoms with van der Waals surface area (Å²) in [5.41, 5.74) is 0. The molecule has 0 fully saturated rings. The van der Waals surface area contributed by atoms with Crippen LogP contribution in [0, 0.1) is 0 Å². The summed E-state index contributed by atoms with van der Waals surface area (Å²) < 4.78 is 34.6. The van der Waals surface area contributed by atoms with Gasteiger partial charge in [0.25, 0.3) is 7.82 Å². The molecule has 0 aliphatic heterocycles. The zero-order valence-electron chi connectivity index (χ0n) is 36.9. The Morgan fingerprint density at radius 2 is 0.945 bits per heavy atom. The van der Waals surface area contributed by atoms with Gasteiger partial charge in [0.1, 0.15) is 19.3 Å². The topological polar surface area (TPSA) is 94.1 Å². The van der Waals surface area contributed by atoms with Crippen LogP contribution in [0.3, 0.4) is 0 Å². The average Bonchev–Trinajstić information content (AvgIpc) is 3.13. The van der Waals surface area contributed by atoms with E-state index in [4.69, 9.17) is 18.5 Å². The largest absolute Gasteiger partial charge is 0.756 e. The molecule has 55 heavy (non-hydrogen) atoms. The zero-order chi connectivity index (χ0) is 40.6. The fraction of sp³-hybridized carbons (Fsp3) is 0.891. The summed E-state index contributed by atoms with van der Waals surface area (Å²) in [4.78, 5) is 25.1. The van der Waals surface area contributed by atoms with Gasteiger partial charge in [0.2, 0.25) is 0 Å². The Kier molecular flexibility index (Phi) is 39.1. The van der Waals surface area contributed by atoms with Crippen LogP contribution in [0.5, 0.6) is 0 Å². The van der Waals surface area contributed by atoms with Gasteiger partial charge in [-0.25, -0.2) is 0 Å². The maximum Gasteiger partial charge on any atom is 0.306 e. The molecule has 0 aliphatic rings. The summed E-state index contributed by atoms with van der Waals surface area (Å²) in [5.74, 6) is -0.339. The molecule has 0 radical (unpaired) electrons. The molecule has 0 rings (SSSR count). The number of hydrogen-bond donors (Lipinski definition) is 0. The van der Waals surface area contributed by atoms with Crippen molar-refractivity contribution in [2.75, 3.05) is 54.1 Å². The van der Waals surface area contributed by atoms with Gasteiger partial charge in [-0.3, -0.25) is 9.36 Å².